The van der Waals surface area contributed by atoms with E-state index in [2.05, 4.69) is 15.0 Å². The highest BCUT2D eigenvalue weighted by Crippen LogP contribution is 2.33. The second-order valence-corrected chi connectivity index (χ2v) is 12.5. The van der Waals surface area contributed by atoms with Crippen LogP contribution in [0.15, 0.2) is 11.1 Å². The maximum Gasteiger partial charge on any atom is 0.354 e. The SMILES string of the molecule is CC(=O)OC[C@H]1O[C@@H](n2cnc(N[Si](C)(C)C)nc2=O)C(OC(C)=O)[C@H]1OC(C)=O. The molecule has 2 heterocycles. The average Bonchev–Trinajstić information content (AvgIpc) is 2.88. The summed E-state index contributed by atoms with van der Waals surface area (Å²) in [5.41, 5.74) is -0.706. The quantitative estimate of drug-likeness (QED) is 0.351. The highest BCUT2D eigenvalue weighted by molar-refractivity contribution is 6.79. The minimum Gasteiger partial charge on any atom is -0.463 e. The molecule has 1 aliphatic rings. The number of anilines is 1. The van der Waals surface area contributed by atoms with Crippen molar-refractivity contribution in [2.75, 3.05) is 11.6 Å². The summed E-state index contributed by atoms with van der Waals surface area (Å²) in [4.78, 5) is 58.2. The van der Waals surface area contributed by atoms with Crippen molar-refractivity contribution in [1.29, 1.82) is 0 Å². The standard InChI is InChI=1S/C17H26N4O8Si/c1-9(22)26-7-12-13(27-10(2)23)14(28-11(3)24)15(29-12)21-8-18-16(19-17(21)25)20-30(4,5)6/h8,12-15H,7H2,1-6H3,(H,19,20,25)/t12-,13+,14?,15-/m1/s1. The van der Waals surface area contributed by atoms with Crippen molar-refractivity contribution in [2.24, 2.45) is 0 Å². The van der Waals surface area contributed by atoms with Crippen LogP contribution in [0.25, 0.3) is 0 Å². The molecule has 2 rings (SSSR count). The van der Waals surface area contributed by atoms with Crippen LogP contribution in [0.4, 0.5) is 5.95 Å². The Morgan fingerprint density at radius 3 is 2.20 bits per heavy atom. The molecule has 0 aromatic carbocycles. The molecule has 4 atom stereocenters. The first-order valence-electron chi connectivity index (χ1n) is 9.24. The molecule has 0 aliphatic carbocycles. The number of carbonyl (C=O) groups is 3. The molecular formula is C17H26N4O8Si. The Hall–Kier alpha value is -2.80. The van der Waals surface area contributed by atoms with Crippen LogP contribution >= 0.6 is 0 Å². The molecular weight excluding hydrogens is 416 g/mol. The van der Waals surface area contributed by atoms with E-state index in [1.54, 1.807) is 0 Å². The summed E-state index contributed by atoms with van der Waals surface area (Å²) in [5, 5.41) is 0. The van der Waals surface area contributed by atoms with E-state index >= 15 is 0 Å². The van der Waals surface area contributed by atoms with Crippen LogP contribution in [-0.2, 0) is 33.3 Å². The fraction of sp³-hybridized carbons (Fsp3) is 0.647. The number of aromatic nitrogens is 3. The normalized spacial score (nSPS) is 23.5. The third-order valence-corrected chi connectivity index (χ3v) is 4.80. The fourth-order valence-electron chi connectivity index (χ4n) is 2.83. The van der Waals surface area contributed by atoms with E-state index in [0.717, 1.165) is 4.57 Å². The van der Waals surface area contributed by atoms with Gasteiger partial charge in [0.1, 0.15) is 27.3 Å². The number of hydrogen-bond donors (Lipinski definition) is 1. The molecule has 0 amide bonds. The van der Waals surface area contributed by atoms with E-state index in [9.17, 15) is 19.2 Å². The highest BCUT2D eigenvalue weighted by atomic mass is 28.3. The van der Waals surface area contributed by atoms with Crippen molar-refractivity contribution >= 4 is 32.1 Å². The lowest BCUT2D eigenvalue weighted by Crippen LogP contribution is -2.42. The van der Waals surface area contributed by atoms with Gasteiger partial charge >= 0.3 is 23.6 Å². The van der Waals surface area contributed by atoms with Crippen LogP contribution < -0.4 is 10.7 Å². The van der Waals surface area contributed by atoms with Gasteiger partial charge in [0.2, 0.25) is 5.95 Å². The fourth-order valence-corrected chi connectivity index (χ4v) is 3.62. The van der Waals surface area contributed by atoms with E-state index in [1.807, 2.05) is 19.6 Å². The topological polar surface area (TPSA) is 148 Å². The van der Waals surface area contributed by atoms with Crippen molar-refractivity contribution in [3.63, 3.8) is 0 Å². The number of ether oxygens (including phenoxy) is 4. The molecule has 1 N–H and O–H groups in total. The average molecular weight is 443 g/mol. The molecule has 1 aromatic heterocycles. The molecule has 0 bridgehead atoms. The van der Waals surface area contributed by atoms with Crippen molar-refractivity contribution < 1.29 is 33.3 Å². The van der Waals surface area contributed by atoms with Gasteiger partial charge in [-0.1, -0.05) is 19.6 Å². The Labute approximate surface area is 174 Å². The van der Waals surface area contributed by atoms with E-state index in [1.165, 1.54) is 27.1 Å². The van der Waals surface area contributed by atoms with Crippen LogP contribution in [0, 0.1) is 0 Å². The largest absolute Gasteiger partial charge is 0.463 e. The van der Waals surface area contributed by atoms with Gasteiger partial charge in [-0.3, -0.25) is 19.0 Å². The van der Waals surface area contributed by atoms with Crippen LogP contribution in [0.1, 0.15) is 27.0 Å². The predicted molar refractivity (Wildman–Crippen MR) is 105 cm³/mol. The van der Waals surface area contributed by atoms with Gasteiger partial charge in [0.15, 0.2) is 18.4 Å². The van der Waals surface area contributed by atoms with E-state index < -0.39 is 56.4 Å². The lowest BCUT2D eigenvalue weighted by atomic mass is 10.1. The highest BCUT2D eigenvalue weighted by Gasteiger charge is 2.51. The second-order valence-electron chi connectivity index (χ2n) is 7.76. The molecule has 0 saturated carbocycles. The summed E-state index contributed by atoms with van der Waals surface area (Å²) in [6.45, 7) is 9.33. The number of nitrogens with one attached hydrogen (secondary N) is 1. The van der Waals surface area contributed by atoms with Gasteiger partial charge in [-0.2, -0.15) is 4.98 Å². The third-order valence-electron chi connectivity index (χ3n) is 3.83. The van der Waals surface area contributed by atoms with Gasteiger partial charge in [0.05, 0.1) is 0 Å². The smallest absolute Gasteiger partial charge is 0.354 e. The maximum atomic E-state index is 12.6. The Balaban J connectivity index is 2.39. The predicted octanol–water partition coefficient (Wildman–Crippen LogP) is 0.209. The number of carbonyl (C=O) groups excluding carboxylic acids is 3. The molecule has 1 saturated heterocycles. The summed E-state index contributed by atoms with van der Waals surface area (Å²) in [6.07, 6.45) is -3.24. The Kier molecular flexibility index (Phi) is 7.31. The Morgan fingerprint density at radius 1 is 1.10 bits per heavy atom. The molecule has 1 fully saturated rings. The molecule has 1 aromatic rings. The maximum absolute atomic E-state index is 12.6. The Morgan fingerprint density at radius 2 is 1.70 bits per heavy atom. The number of nitrogens with zero attached hydrogens (tertiary/aromatic N) is 3. The van der Waals surface area contributed by atoms with Crippen LogP contribution in [0.2, 0.25) is 19.6 Å². The van der Waals surface area contributed by atoms with Crippen LogP contribution in [0.3, 0.4) is 0 Å². The summed E-state index contributed by atoms with van der Waals surface area (Å²) in [5.74, 6) is -1.74. The molecule has 0 spiro atoms. The van der Waals surface area contributed by atoms with E-state index in [4.69, 9.17) is 18.9 Å². The number of esters is 3. The summed E-state index contributed by atoms with van der Waals surface area (Å²) >= 11 is 0. The van der Waals surface area contributed by atoms with Crippen molar-refractivity contribution in [3.05, 3.63) is 16.8 Å². The summed E-state index contributed by atoms with van der Waals surface area (Å²) in [7, 11) is -1.80. The van der Waals surface area contributed by atoms with Gasteiger partial charge in [-0.05, 0) is 0 Å². The van der Waals surface area contributed by atoms with E-state index in [-0.39, 0.29) is 12.6 Å². The van der Waals surface area contributed by atoms with Gasteiger partial charge in [0, 0.05) is 20.8 Å². The second kappa shape index (κ2) is 9.34. The van der Waals surface area contributed by atoms with Crippen molar-refractivity contribution in [3.8, 4) is 0 Å². The molecule has 1 unspecified atom stereocenters. The van der Waals surface area contributed by atoms with Gasteiger partial charge in [-0.15, -0.1) is 0 Å². The van der Waals surface area contributed by atoms with Crippen molar-refractivity contribution in [1.82, 2.24) is 14.5 Å². The van der Waals surface area contributed by atoms with Gasteiger partial charge in [0.25, 0.3) is 0 Å². The minimum absolute atomic E-state index is 0.172. The van der Waals surface area contributed by atoms with E-state index in [0.29, 0.717) is 0 Å². The van der Waals surface area contributed by atoms with Gasteiger partial charge in [-0.25, -0.2) is 9.78 Å². The zero-order valence-corrected chi connectivity index (χ0v) is 18.7. The first kappa shape index (κ1) is 23.5. The zero-order valence-electron chi connectivity index (χ0n) is 17.7. The lowest BCUT2D eigenvalue weighted by Gasteiger charge is -2.24. The molecule has 30 heavy (non-hydrogen) atoms. The lowest BCUT2D eigenvalue weighted by molar-refractivity contribution is -0.166. The molecule has 13 heteroatoms. The first-order valence-corrected chi connectivity index (χ1v) is 12.7. The number of hydrogen-bond acceptors (Lipinski definition) is 11. The zero-order chi connectivity index (χ0) is 22.6. The molecule has 1 aliphatic heterocycles. The Bertz CT molecular complexity index is 868. The molecule has 12 nitrogen and oxygen atoms in total. The van der Waals surface area contributed by atoms with Crippen LogP contribution in [0.5, 0.6) is 0 Å². The van der Waals surface area contributed by atoms with Crippen molar-refractivity contribution in [2.45, 2.75) is 65.0 Å². The number of rotatable bonds is 7. The van der Waals surface area contributed by atoms with Gasteiger partial charge < -0.3 is 23.9 Å². The minimum atomic E-state index is -1.80. The summed E-state index contributed by atoms with van der Waals surface area (Å²) < 4.78 is 22.3. The summed E-state index contributed by atoms with van der Waals surface area (Å²) in [6, 6.07) is 0. The molecule has 0 radical (unpaired) electrons. The van der Waals surface area contributed by atoms with Crippen LogP contribution in [-0.4, -0.2) is 65.6 Å². The first-order chi connectivity index (χ1) is 13.9. The monoisotopic (exact) mass is 442 g/mol. The molecule has 166 valence electrons. The third kappa shape index (κ3) is 6.35.